The number of benzene rings is 5. The zero-order chi connectivity index (χ0) is 20.0. The van der Waals surface area contributed by atoms with Crippen LogP contribution in [0.1, 0.15) is 34.5 Å². The predicted molar refractivity (Wildman–Crippen MR) is 118 cm³/mol. The number of hydrogen-bond acceptors (Lipinski definition) is 2. The third-order valence-electron chi connectivity index (χ3n) is 5.53. The van der Waals surface area contributed by atoms with Crippen LogP contribution in [0.4, 0.5) is 0 Å². The van der Waals surface area contributed by atoms with E-state index in [1.807, 2.05) is 6.92 Å². The largest absolute Gasteiger partial charge is 0.454 e. The van der Waals surface area contributed by atoms with Crippen LogP contribution in [0, 0.1) is 12.3 Å². The van der Waals surface area contributed by atoms with Crippen molar-refractivity contribution in [1.82, 2.24) is 0 Å². The highest BCUT2D eigenvalue weighted by Crippen LogP contribution is 2.36. The smallest absolute Gasteiger partial charge is 0.338 e. The lowest BCUT2D eigenvalue weighted by molar-refractivity contribution is 0.0338. The molecule has 29 heavy (non-hydrogen) atoms. The molecular weight excluding hydrogens is 356 g/mol. The molecule has 138 valence electrons. The second kappa shape index (κ2) is 6.65. The Balaban J connectivity index is 1.52. The van der Waals surface area contributed by atoms with Gasteiger partial charge >= 0.3 is 5.97 Å². The second-order valence-corrected chi connectivity index (χ2v) is 7.32. The predicted octanol–water partition coefficient (Wildman–Crippen LogP) is 6.48. The number of hydrogen-bond donors (Lipinski definition) is 0. The molecule has 0 aliphatic heterocycles. The van der Waals surface area contributed by atoms with Gasteiger partial charge in [0.2, 0.25) is 0 Å². The summed E-state index contributed by atoms with van der Waals surface area (Å²) in [6.07, 6.45) is 5.01. The van der Waals surface area contributed by atoms with Crippen molar-refractivity contribution in [3.05, 3.63) is 95.6 Å². The molecule has 0 heterocycles. The number of carbonyl (C=O) groups is 1. The Kier molecular flexibility index (Phi) is 3.96. The summed E-state index contributed by atoms with van der Waals surface area (Å²) >= 11 is 0. The molecule has 0 spiro atoms. The van der Waals surface area contributed by atoms with Gasteiger partial charge in [-0.3, -0.25) is 0 Å². The first-order valence-electron chi connectivity index (χ1n) is 9.59. The molecule has 0 amide bonds. The lowest BCUT2D eigenvalue weighted by Gasteiger charge is -2.17. The zero-order valence-corrected chi connectivity index (χ0v) is 16.0. The molecule has 0 radical (unpaired) electrons. The van der Waals surface area contributed by atoms with Crippen LogP contribution in [0.2, 0.25) is 0 Å². The lowest BCUT2D eigenvalue weighted by atomic mass is 9.92. The lowest BCUT2D eigenvalue weighted by Crippen LogP contribution is -2.09. The Morgan fingerprint density at radius 2 is 1.38 bits per heavy atom. The SMILES string of the molecule is C#Cc1ccc(C(=O)O[C@H](C)c2cc3ccc4cccc5ccc(c2)c3c45)cc1. The summed E-state index contributed by atoms with van der Waals surface area (Å²) in [6.45, 7) is 1.90. The molecule has 5 aromatic rings. The van der Waals surface area contributed by atoms with Gasteiger partial charge in [0.15, 0.2) is 0 Å². The maximum absolute atomic E-state index is 12.5. The number of rotatable bonds is 3. The molecule has 1 atom stereocenters. The molecule has 0 bridgehead atoms. The molecule has 5 aromatic carbocycles. The van der Waals surface area contributed by atoms with Crippen LogP contribution in [0.5, 0.6) is 0 Å². The molecular formula is C27H18O2. The van der Waals surface area contributed by atoms with Gasteiger partial charge in [0.05, 0.1) is 5.56 Å². The summed E-state index contributed by atoms with van der Waals surface area (Å²) in [5.41, 5.74) is 2.21. The molecule has 0 saturated carbocycles. The second-order valence-electron chi connectivity index (χ2n) is 7.32. The van der Waals surface area contributed by atoms with E-state index in [4.69, 9.17) is 11.2 Å². The van der Waals surface area contributed by atoms with Crippen LogP contribution < -0.4 is 0 Å². The summed E-state index contributed by atoms with van der Waals surface area (Å²) in [4.78, 5) is 12.5. The number of esters is 1. The van der Waals surface area contributed by atoms with Crippen molar-refractivity contribution in [2.24, 2.45) is 0 Å². The molecule has 0 aliphatic rings. The molecule has 0 aliphatic carbocycles. The Bertz CT molecular complexity index is 1340. The van der Waals surface area contributed by atoms with E-state index in [-0.39, 0.29) is 12.1 Å². The van der Waals surface area contributed by atoms with Crippen molar-refractivity contribution >= 4 is 38.3 Å². The van der Waals surface area contributed by atoms with Crippen molar-refractivity contribution in [2.75, 3.05) is 0 Å². The van der Waals surface area contributed by atoms with Gasteiger partial charge < -0.3 is 4.74 Å². The Morgan fingerprint density at radius 3 is 1.97 bits per heavy atom. The molecule has 0 unspecified atom stereocenters. The van der Waals surface area contributed by atoms with Crippen molar-refractivity contribution < 1.29 is 9.53 Å². The average molecular weight is 374 g/mol. The van der Waals surface area contributed by atoms with E-state index in [0.717, 1.165) is 21.9 Å². The maximum Gasteiger partial charge on any atom is 0.338 e. The molecule has 0 aromatic heterocycles. The van der Waals surface area contributed by atoms with Crippen LogP contribution in [0.25, 0.3) is 32.3 Å². The summed E-state index contributed by atoms with van der Waals surface area (Å²) in [5.74, 6) is 2.19. The maximum atomic E-state index is 12.5. The average Bonchev–Trinajstić information content (AvgIpc) is 2.77. The summed E-state index contributed by atoms with van der Waals surface area (Å²) < 4.78 is 5.73. The number of terminal acetylenes is 1. The fourth-order valence-corrected chi connectivity index (χ4v) is 4.01. The molecule has 2 nitrogen and oxygen atoms in total. The Hall–Kier alpha value is -3.83. The topological polar surface area (TPSA) is 26.3 Å². The van der Waals surface area contributed by atoms with Crippen molar-refractivity contribution in [3.63, 3.8) is 0 Å². The normalized spacial score (nSPS) is 12.3. The summed E-state index contributed by atoms with van der Waals surface area (Å²) in [5, 5.41) is 7.33. The van der Waals surface area contributed by atoms with Crippen LogP contribution in [-0.4, -0.2) is 5.97 Å². The van der Waals surface area contributed by atoms with Gasteiger partial charge in [0.25, 0.3) is 0 Å². The van der Waals surface area contributed by atoms with Gasteiger partial charge in [0.1, 0.15) is 6.10 Å². The van der Waals surface area contributed by atoms with Crippen LogP contribution in [0.3, 0.4) is 0 Å². The molecule has 0 saturated heterocycles. The third-order valence-corrected chi connectivity index (χ3v) is 5.53. The van der Waals surface area contributed by atoms with E-state index in [2.05, 4.69) is 60.5 Å². The van der Waals surface area contributed by atoms with Gasteiger partial charge in [-0.2, -0.15) is 0 Å². The van der Waals surface area contributed by atoms with Crippen LogP contribution in [0.15, 0.2) is 78.9 Å². The van der Waals surface area contributed by atoms with Gasteiger partial charge in [0, 0.05) is 5.56 Å². The highest BCUT2D eigenvalue weighted by Gasteiger charge is 2.16. The number of carbonyl (C=O) groups excluding carboxylic acids is 1. The van der Waals surface area contributed by atoms with E-state index >= 15 is 0 Å². The minimum atomic E-state index is -0.364. The fraction of sp³-hybridized carbons (Fsp3) is 0.0741. The summed E-state index contributed by atoms with van der Waals surface area (Å²) in [7, 11) is 0. The van der Waals surface area contributed by atoms with Crippen molar-refractivity contribution in [1.29, 1.82) is 0 Å². The summed E-state index contributed by atoms with van der Waals surface area (Å²) in [6, 6.07) is 26.1. The monoisotopic (exact) mass is 374 g/mol. The molecule has 5 rings (SSSR count). The first-order valence-corrected chi connectivity index (χ1v) is 9.59. The standard InChI is InChI=1S/C27H18O2/c1-3-18-7-9-21(10-8-18)27(28)29-17(2)24-15-22-13-11-19-5-4-6-20-12-14-23(16-24)26(22)25(19)20/h1,4-17H,2H3/t17-/m1/s1. The van der Waals surface area contributed by atoms with Crippen LogP contribution in [-0.2, 0) is 4.74 Å². The van der Waals surface area contributed by atoms with Gasteiger partial charge in [-0.15, -0.1) is 6.42 Å². The van der Waals surface area contributed by atoms with E-state index < -0.39 is 0 Å². The highest BCUT2D eigenvalue weighted by atomic mass is 16.5. The van der Waals surface area contributed by atoms with E-state index in [0.29, 0.717) is 5.56 Å². The van der Waals surface area contributed by atoms with Gasteiger partial charge in [-0.25, -0.2) is 4.79 Å². The van der Waals surface area contributed by atoms with Gasteiger partial charge in [-0.05, 0) is 81.2 Å². The molecule has 0 N–H and O–H groups in total. The minimum absolute atomic E-state index is 0.355. The Labute approximate surface area is 169 Å². The third kappa shape index (κ3) is 2.88. The van der Waals surface area contributed by atoms with Crippen molar-refractivity contribution in [2.45, 2.75) is 13.0 Å². The van der Waals surface area contributed by atoms with E-state index in [1.165, 1.54) is 21.5 Å². The molecule has 2 heteroatoms. The highest BCUT2D eigenvalue weighted by molar-refractivity contribution is 6.23. The number of ether oxygens (including phenoxy) is 1. The minimum Gasteiger partial charge on any atom is -0.454 e. The zero-order valence-electron chi connectivity index (χ0n) is 16.0. The fourth-order valence-electron chi connectivity index (χ4n) is 4.01. The van der Waals surface area contributed by atoms with E-state index in [9.17, 15) is 4.79 Å². The van der Waals surface area contributed by atoms with Crippen LogP contribution >= 0.6 is 0 Å². The first kappa shape index (κ1) is 17.3. The van der Waals surface area contributed by atoms with Gasteiger partial charge in [-0.1, -0.05) is 48.4 Å². The molecule has 0 fully saturated rings. The first-order chi connectivity index (χ1) is 14.1. The van der Waals surface area contributed by atoms with E-state index in [1.54, 1.807) is 24.3 Å². The quantitative estimate of drug-likeness (QED) is 0.205. The Morgan fingerprint density at radius 1 is 0.828 bits per heavy atom. The van der Waals surface area contributed by atoms with Crippen molar-refractivity contribution in [3.8, 4) is 12.3 Å².